The Morgan fingerprint density at radius 2 is 2.21 bits per heavy atom. The maximum absolute atomic E-state index is 9.05. The van der Waals surface area contributed by atoms with Crippen molar-refractivity contribution in [1.29, 1.82) is 0 Å². The maximum Gasteiger partial charge on any atom is 0.0931 e. The number of aliphatic hydroxyl groups is 1. The molecule has 0 saturated carbocycles. The van der Waals surface area contributed by atoms with Gasteiger partial charge < -0.3 is 9.67 Å². The Balaban J connectivity index is 2.18. The van der Waals surface area contributed by atoms with E-state index in [4.69, 9.17) is 16.7 Å². The van der Waals surface area contributed by atoms with Gasteiger partial charge in [-0.1, -0.05) is 11.6 Å². The minimum atomic E-state index is 0.0755. The molecule has 0 amide bonds. The van der Waals surface area contributed by atoms with E-state index in [9.17, 15) is 0 Å². The molecule has 0 spiro atoms. The number of aromatic nitrogens is 1. The Hall–Kier alpha value is -0.770. The molecule has 0 atom stereocenters. The normalized spacial score (nSPS) is 10.7. The Morgan fingerprint density at radius 3 is 2.86 bits per heavy atom. The van der Waals surface area contributed by atoms with Gasteiger partial charge >= 0.3 is 0 Å². The fourth-order valence-electron chi connectivity index (χ4n) is 1.35. The summed E-state index contributed by atoms with van der Waals surface area (Å²) in [4.78, 5) is 1.20. The van der Waals surface area contributed by atoms with Crippen LogP contribution >= 0.6 is 22.9 Å². The highest BCUT2D eigenvalue weighted by Crippen LogP contribution is 2.22. The van der Waals surface area contributed by atoms with Gasteiger partial charge in [0.1, 0.15) is 0 Å². The molecular weight excluding hydrogens is 218 g/mol. The average Bonchev–Trinajstić information content (AvgIpc) is 2.76. The predicted molar refractivity (Wildman–Crippen MR) is 58.8 cm³/mol. The summed E-state index contributed by atoms with van der Waals surface area (Å²) in [7, 11) is 0. The van der Waals surface area contributed by atoms with E-state index >= 15 is 0 Å². The van der Waals surface area contributed by atoms with Crippen LogP contribution in [0.1, 0.15) is 10.6 Å². The Morgan fingerprint density at radius 1 is 1.36 bits per heavy atom. The molecule has 4 heteroatoms. The van der Waals surface area contributed by atoms with Crippen LogP contribution in [-0.4, -0.2) is 9.67 Å². The lowest BCUT2D eigenvalue weighted by Gasteiger charge is -2.04. The number of nitrogens with zero attached hydrogens (tertiary/aromatic N) is 1. The molecule has 0 radical (unpaired) electrons. The first-order valence-corrected chi connectivity index (χ1v) is 5.48. The minimum absolute atomic E-state index is 0.0755. The molecule has 1 N–H and O–H groups in total. The fourth-order valence-corrected chi connectivity index (χ4v) is 2.44. The van der Waals surface area contributed by atoms with E-state index in [0.717, 1.165) is 16.6 Å². The number of halogens is 1. The van der Waals surface area contributed by atoms with Crippen molar-refractivity contribution >= 4 is 22.9 Å². The summed E-state index contributed by atoms with van der Waals surface area (Å²) in [5.41, 5.74) is 0.925. The number of thiophene rings is 1. The predicted octanol–water partition coefficient (Wildman–Crippen LogP) is 2.74. The van der Waals surface area contributed by atoms with Crippen molar-refractivity contribution in [3.63, 3.8) is 0 Å². The standard InChI is InChI=1S/C10H10ClNOS/c11-10-4-3-9(14-10)6-12-5-1-2-8(12)7-13/h1-5,13H,6-7H2. The highest BCUT2D eigenvalue weighted by Gasteiger charge is 2.02. The zero-order valence-corrected chi connectivity index (χ0v) is 9.05. The van der Waals surface area contributed by atoms with Gasteiger partial charge in [0.2, 0.25) is 0 Å². The molecule has 2 heterocycles. The van der Waals surface area contributed by atoms with Crippen LogP contribution in [0, 0.1) is 0 Å². The highest BCUT2D eigenvalue weighted by atomic mass is 35.5. The van der Waals surface area contributed by atoms with E-state index in [1.54, 1.807) is 11.3 Å². The average molecular weight is 228 g/mol. The van der Waals surface area contributed by atoms with Gasteiger partial charge in [0.15, 0.2) is 0 Å². The first-order chi connectivity index (χ1) is 6.79. The van der Waals surface area contributed by atoms with Gasteiger partial charge in [0.05, 0.1) is 17.5 Å². The molecule has 0 unspecified atom stereocenters. The van der Waals surface area contributed by atoms with Gasteiger partial charge in [-0.05, 0) is 24.3 Å². The summed E-state index contributed by atoms with van der Waals surface area (Å²) in [6.45, 7) is 0.854. The Labute approximate surface area is 91.4 Å². The summed E-state index contributed by atoms with van der Waals surface area (Å²) in [5, 5.41) is 9.05. The lowest BCUT2D eigenvalue weighted by molar-refractivity contribution is 0.271. The van der Waals surface area contributed by atoms with E-state index in [1.807, 2.05) is 35.0 Å². The van der Waals surface area contributed by atoms with Crippen LogP contribution in [0.2, 0.25) is 4.34 Å². The van der Waals surface area contributed by atoms with Crippen LogP contribution < -0.4 is 0 Å². The van der Waals surface area contributed by atoms with Gasteiger partial charge in [0, 0.05) is 16.8 Å². The van der Waals surface area contributed by atoms with Crippen LogP contribution in [0.15, 0.2) is 30.5 Å². The Bertz CT molecular complexity index is 421. The summed E-state index contributed by atoms with van der Waals surface area (Å²) in [6.07, 6.45) is 1.96. The van der Waals surface area contributed by atoms with Crippen molar-refractivity contribution in [1.82, 2.24) is 4.57 Å². The second-order valence-electron chi connectivity index (χ2n) is 2.99. The highest BCUT2D eigenvalue weighted by molar-refractivity contribution is 7.16. The minimum Gasteiger partial charge on any atom is -0.390 e. The van der Waals surface area contributed by atoms with Crippen molar-refractivity contribution in [2.45, 2.75) is 13.2 Å². The molecule has 0 aliphatic carbocycles. The number of hydrogen-bond donors (Lipinski definition) is 1. The van der Waals surface area contributed by atoms with Crippen molar-refractivity contribution in [3.8, 4) is 0 Å². The summed E-state index contributed by atoms with van der Waals surface area (Å²) >= 11 is 7.40. The third kappa shape index (κ3) is 2.00. The largest absolute Gasteiger partial charge is 0.390 e. The number of rotatable bonds is 3. The van der Waals surface area contributed by atoms with Crippen molar-refractivity contribution in [2.24, 2.45) is 0 Å². The molecule has 14 heavy (non-hydrogen) atoms. The zero-order valence-electron chi connectivity index (χ0n) is 7.48. The topological polar surface area (TPSA) is 25.2 Å². The third-order valence-electron chi connectivity index (χ3n) is 2.04. The van der Waals surface area contributed by atoms with E-state index < -0.39 is 0 Å². The third-order valence-corrected chi connectivity index (χ3v) is 3.26. The maximum atomic E-state index is 9.05. The second kappa shape index (κ2) is 4.17. The SMILES string of the molecule is OCc1cccn1Cc1ccc(Cl)s1. The van der Waals surface area contributed by atoms with Crippen molar-refractivity contribution in [3.05, 3.63) is 45.4 Å². The van der Waals surface area contributed by atoms with Crippen molar-refractivity contribution < 1.29 is 5.11 Å². The first kappa shape index (κ1) is 9.77. The zero-order chi connectivity index (χ0) is 9.97. The second-order valence-corrected chi connectivity index (χ2v) is 4.79. The monoisotopic (exact) mass is 227 g/mol. The number of aliphatic hydroxyl groups excluding tert-OH is 1. The van der Waals surface area contributed by atoms with Gasteiger partial charge in [-0.3, -0.25) is 0 Å². The molecule has 2 rings (SSSR count). The van der Waals surface area contributed by atoms with Crippen LogP contribution in [0.3, 0.4) is 0 Å². The van der Waals surface area contributed by atoms with E-state index in [1.165, 1.54) is 4.88 Å². The molecule has 0 aliphatic heterocycles. The van der Waals surface area contributed by atoms with Gasteiger partial charge in [-0.25, -0.2) is 0 Å². The molecule has 2 aromatic rings. The molecule has 0 saturated heterocycles. The lowest BCUT2D eigenvalue weighted by atomic mass is 10.4. The van der Waals surface area contributed by atoms with E-state index in [0.29, 0.717) is 0 Å². The van der Waals surface area contributed by atoms with Crippen LogP contribution in [-0.2, 0) is 13.2 Å². The van der Waals surface area contributed by atoms with E-state index in [-0.39, 0.29) is 6.61 Å². The fraction of sp³-hybridized carbons (Fsp3) is 0.200. The smallest absolute Gasteiger partial charge is 0.0931 e. The molecule has 0 aliphatic rings. The molecular formula is C10H10ClNOS. The molecule has 0 fully saturated rings. The van der Waals surface area contributed by atoms with Gasteiger partial charge in [-0.2, -0.15) is 0 Å². The Kier molecular flexibility index (Phi) is 2.91. The quantitative estimate of drug-likeness (QED) is 0.857. The van der Waals surface area contributed by atoms with Crippen LogP contribution in [0.4, 0.5) is 0 Å². The lowest BCUT2D eigenvalue weighted by Crippen LogP contribution is -2.01. The summed E-state index contributed by atoms with van der Waals surface area (Å²) in [6, 6.07) is 7.74. The van der Waals surface area contributed by atoms with Crippen LogP contribution in [0.5, 0.6) is 0 Å². The molecule has 0 bridgehead atoms. The van der Waals surface area contributed by atoms with Gasteiger partial charge in [0.25, 0.3) is 0 Å². The molecule has 2 nitrogen and oxygen atoms in total. The first-order valence-electron chi connectivity index (χ1n) is 4.28. The molecule has 2 aromatic heterocycles. The summed E-state index contributed by atoms with van der Waals surface area (Å²) in [5.74, 6) is 0. The van der Waals surface area contributed by atoms with E-state index in [2.05, 4.69) is 0 Å². The van der Waals surface area contributed by atoms with Gasteiger partial charge in [-0.15, -0.1) is 11.3 Å². The molecule has 74 valence electrons. The summed E-state index contributed by atoms with van der Waals surface area (Å²) < 4.78 is 2.82. The molecule has 0 aromatic carbocycles. The van der Waals surface area contributed by atoms with Crippen LogP contribution in [0.25, 0.3) is 0 Å². The van der Waals surface area contributed by atoms with Crippen molar-refractivity contribution in [2.75, 3.05) is 0 Å². The number of hydrogen-bond acceptors (Lipinski definition) is 2.